The zero-order chi connectivity index (χ0) is 13.8. The first-order chi connectivity index (χ1) is 9.06. The second kappa shape index (κ2) is 5.63. The van der Waals surface area contributed by atoms with Crippen molar-refractivity contribution >= 4 is 5.97 Å². The Labute approximate surface area is 110 Å². The van der Waals surface area contributed by atoms with E-state index in [1.807, 2.05) is 0 Å². The van der Waals surface area contributed by atoms with E-state index in [4.69, 9.17) is 10.8 Å². The molecule has 0 heterocycles. The van der Waals surface area contributed by atoms with Gasteiger partial charge in [-0.2, -0.15) is 0 Å². The molecule has 0 fully saturated rings. The van der Waals surface area contributed by atoms with E-state index in [1.54, 1.807) is 30.3 Å². The number of nitrogens with two attached hydrogens (primary N) is 1. The average Bonchev–Trinajstić information content (AvgIpc) is 2.41. The van der Waals surface area contributed by atoms with Crippen molar-refractivity contribution in [2.24, 2.45) is 5.73 Å². The third kappa shape index (κ3) is 3.39. The molecule has 1 unspecified atom stereocenters. The van der Waals surface area contributed by atoms with Gasteiger partial charge in [-0.25, -0.2) is 9.18 Å². The van der Waals surface area contributed by atoms with Crippen molar-refractivity contribution in [3.05, 3.63) is 71.0 Å². The summed E-state index contributed by atoms with van der Waals surface area (Å²) in [5, 5.41) is 8.93. The van der Waals surface area contributed by atoms with E-state index in [0.29, 0.717) is 6.42 Å². The minimum atomic E-state index is -0.976. The van der Waals surface area contributed by atoms with Crippen molar-refractivity contribution in [3.8, 4) is 0 Å². The molecule has 0 aliphatic heterocycles. The summed E-state index contributed by atoms with van der Waals surface area (Å²) in [6.07, 6.45) is 0.531. The first-order valence-corrected chi connectivity index (χ1v) is 5.89. The van der Waals surface area contributed by atoms with Gasteiger partial charge in [0.25, 0.3) is 0 Å². The van der Waals surface area contributed by atoms with Gasteiger partial charge in [0.2, 0.25) is 0 Å². The Balaban J connectivity index is 2.15. The third-order valence-electron chi connectivity index (χ3n) is 2.93. The Morgan fingerprint density at radius 2 is 1.89 bits per heavy atom. The topological polar surface area (TPSA) is 63.3 Å². The molecular weight excluding hydrogens is 245 g/mol. The minimum Gasteiger partial charge on any atom is -0.478 e. The summed E-state index contributed by atoms with van der Waals surface area (Å²) in [5.41, 5.74) is 7.93. The Morgan fingerprint density at radius 1 is 1.21 bits per heavy atom. The van der Waals surface area contributed by atoms with E-state index in [2.05, 4.69) is 0 Å². The van der Waals surface area contributed by atoms with Crippen LogP contribution in [0.1, 0.15) is 27.5 Å². The largest absolute Gasteiger partial charge is 0.478 e. The highest BCUT2D eigenvalue weighted by molar-refractivity contribution is 5.87. The first kappa shape index (κ1) is 13.2. The molecule has 3 nitrogen and oxygen atoms in total. The predicted octanol–water partition coefficient (Wildman–Crippen LogP) is 2.77. The van der Waals surface area contributed by atoms with Crippen molar-refractivity contribution < 1.29 is 14.3 Å². The second-order valence-corrected chi connectivity index (χ2v) is 4.37. The lowest BCUT2D eigenvalue weighted by atomic mass is 9.98. The summed E-state index contributed by atoms with van der Waals surface area (Å²) >= 11 is 0. The quantitative estimate of drug-likeness (QED) is 0.887. The summed E-state index contributed by atoms with van der Waals surface area (Å²) in [5.74, 6) is -1.26. The summed E-state index contributed by atoms with van der Waals surface area (Å²) in [4.78, 5) is 10.9. The molecule has 0 aromatic heterocycles. The van der Waals surface area contributed by atoms with Crippen LogP contribution in [0.25, 0.3) is 0 Å². The van der Waals surface area contributed by atoms with Gasteiger partial charge in [0.1, 0.15) is 5.82 Å². The number of carbonyl (C=O) groups is 1. The highest BCUT2D eigenvalue weighted by Crippen LogP contribution is 2.17. The van der Waals surface area contributed by atoms with Crippen LogP contribution in [0.2, 0.25) is 0 Å². The van der Waals surface area contributed by atoms with Gasteiger partial charge >= 0.3 is 5.97 Å². The molecule has 1 atom stereocenters. The van der Waals surface area contributed by atoms with Gasteiger partial charge < -0.3 is 10.8 Å². The molecule has 0 radical (unpaired) electrons. The van der Waals surface area contributed by atoms with Crippen LogP contribution >= 0.6 is 0 Å². The van der Waals surface area contributed by atoms with E-state index in [0.717, 1.165) is 11.1 Å². The molecular formula is C15H14FNO2. The summed E-state index contributed by atoms with van der Waals surface area (Å²) in [7, 11) is 0. The van der Waals surface area contributed by atoms with Crippen LogP contribution in [0.15, 0.2) is 48.5 Å². The number of benzene rings is 2. The molecule has 0 aliphatic rings. The molecule has 0 amide bonds. The fourth-order valence-electron chi connectivity index (χ4n) is 1.89. The smallest absolute Gasteiger partial charge is 0.335 e. The van der Waals surface area contributed by atoms with Gasteiger partial charge in [-0.05, 0) is 41.8 Å². The maximum atomic E-state index is 12.8. The van der Waals surface area contributed by atoms with E-state index in [-0.39, 0.29) is 17.4 Å². The van der Waals surface area contributed by atoms with E-state index in [9.17, 15) is 9.18 Å². The normalized spacial score (nSPS) is 12.1. The molecule has 0 aliphatic carbocycles. The molecule has 19 heavy (non-hydrogen) atoms. The van der Waals surface area contributed by atoms with Gasteiger partial charge in [-0.1, -0.05) is 24.3 Å². The van der Waals surface area contributed by atoms with Crippen LogP contribution < -0.4 is 5.73 Å². The SMILES string of the molecule is NC(Cc1ccc(F)cc1)c1cccc(C(=O)O)c1. The van der Waals surface area contributed by atoms with Crippen LogP contribution in [-0.2, 0) is 6.42 Å². The predicted molar refractivity (Wildman–Crippen MR) is 70.4 cm³/mol. The zero-order valence-corrected chi connectivity index (χ0v) is 10.2. The highest BCUT2D eigenvalue weighted by Gasteiger charge is 2.10. The lowest BCUT2D eigenvalue weighted by Gasteiger charge is -2.12. The molecule has 0 spiro atoms. The molecule has 2 rings (SSSR count). The van der Waals surface area contributed by atoms with Crippen LogP contribution in [0.4, 0.5) is 4.39 Å². The zero-order valence-electron chi connectivity index (χ0n) is 10.2. The van der Waals surface area contributed by atoms with Crippen molar-refractivity contribution in [1.82, 2.24) is 0 Å². The van der Waals surface area contributed by atoms with Gasteiger partial charge in [-0.15, -0.1) is 0 Å². The lowest BCUT2D eigenvalue weighted by Crippen LogP contribution is -2.14. The molecule has 98 valence electrons. The van der Waals surface area contributed by atoms with Crippen molar-refractivity contribution in [1.29, 1.82) is 0 Å². The number of halogens is 1. The summed E-state index contributed by atoms with van der Waals surface area (Å²) in [6.45, 7) is 0. The molecule has 4 heteroatoms. The van der Waals surface area contributed by atoms with Crippen molar-refractivity contribution in [3.63, 3.8) is 0 Å². The molecule has 0 saturated heterocycles. The van der Waals surface area contributed by atoms with Crippen LogP contribution in [-0.4, -0.2) is 11.1 Å². The van der Waals surface area contributed by atoms with Crippen LogP contribution in [0, 0.1) is 5.82 Å². The van der Waals surface area contributed by atoms with Gasteiger partial charge in [0.05, 0.1) is 5.56 Å². The van der Waals surface area contributed by atoms with Crippen molar-refractivity contribution in [2.45, 2.75) is 12.5 Å². The molecule has 2 aromatic rings. The maximum Gasteiger partial charge on any atom is 0.335 e. The Morgan fingerprint density at radius 3 is 2.53 bits per heavy atom. The molecule has 0 bridgehead atoms. The minimum absolute atomic E-state index is 0.215. The van der Waals surface area contributed by atoms with E-state index < -0.39 is 5.97 Å². The molecule has 2 aromatic carbocycles. The number of hydrogen-bond acceptors (Lipinski definition) is 2. The fourth-order valence-corrected chi connectivity index (χ4v) is 1.89. The fraction of sp³-hybridized carbons (Fsp3) is 0.133. The Hall–Kier alpha value is -2.20. The highest BCUT2D eigenvalue weighted by atomic mass is 19.1. The van der Waals surface area contributed by atoms with Gasteiger partial charge in [-0.3, -0.25) is 0 Å². The van der Waals surface area contributed by atoms with Gasteiger partial charge in [0.15, 0.2) is 0 Å². The molecule has 0 saturated carbocycles. The number of aromatic carboxylic acids is 1. The number of rotatable bonds is 4. The molecule has 3 N–H and O–H groups in total. The van der Waals surface area contributed by atoms with E-state index in [1.165, 1.54) is 18.2 Å². The average molecular weight is 259 g/mol. The monoisotopic (exact) mass is 259 g/mol. The Bertz CT molecular complexity index is 581. The summed E-state index contributed by atoms with van der Waals surface area (Å²) < 4.78 is 12.8. The lowest BCUT2D eigenvalue weighted by molar-refractivity contribution is 0.0696. The number of hydrogen-bond donors (Lipinski definition) is 2. The van der Waals surface area contributed by atoms with Crippen molar-refractivity contribution in [2.75, 3.05) is 0 Å². The van der Waals surface area contributed by atoms with Crippen LogP contribution in [0.5, 0.6) is 0 Å². The third-order valence-corrected chi connectivity index (χ3v) is 2.93. The standard InChI is InChI=1S/C15H14FNO2/c16-13-6-4-10(5-7-13)8-14(17)11-2-1-3-12(9-11)15(18)19/h1-7,9,14H,8,17H2,(H,18,19). The summed E-state index contributed by atoms with van der Waals surface area (Å²) in [6, 6.07) is 12.4. The van der Waals surface area contributed by atoms with Gasteiger partial charge in [0, 0.05) is 6.04 Å². The second-order valence-electron chi connectivity index (χ2n) is 4.37. The Kier molecular flexibility index (Phi) is 3.92. The number of carboxylic acids is 1. The first-order valence-electron chi connectivity index (χ1n) is 5.89. The van der Waals surface area contributed by atoms with Crippen LogP contribution in [0.3, 0.4) is 0 Å². The maximum absolute atomic E-state index is 12.8. The number of carboxylic acid groups (broad SMARTS) is 1. The van der Waals surface area contributed by atoms with E-state index >= 15 is 0 Å².